The minimum atomic E-state index is -0.846. The third kappa shape index (κ3) is 9.14. The molecule has 0 saturated heterocycles. The monoisotopic (exact) mass is 608 g/mol. The number of anilines is 2. The topological polar surface area (TPSA) is 156 Å². The number of rotatable bonds is 16. The van der Waals surface area contributed by atoms with Gasteiger partial charge in [0.1, 0.15) is 10.0 Å². The van der Waals surface area contributed by atoms with Gasteiger partial charge in [0.25, 0.3) is 0 Å². The summed E-state index contributed by atoms with van der Waals surface area (Å²) in [7, 11) is 1.31. The molecule has 2 heterocycles. The van der Waals surface area contributed by atoms with E-state index in [0.29, 0.717) is 35.2 Å². The highest BCUT2D eigenvalue weighted by Gasteiger charge is 2.25. The molecule has 0 radical (unpaired) electrons. The van der Waals surface area contributed by atoms with Crippen LogP contribution in [0.25, 0.3) is 0 Å². The number of hydrogen-bond donors (Lipinski definition) is 3. The van der Waals surface area contributed by atoms with Crippen LogP contribution in [0.3, 0.4) is 0 Å². The molecule has 1 amide bonds. The van der Waals surface area contributed by atoms with E-state index in [1.54, 1.807) is 12.1 Å². The first-order chi connectivity index (χ1) is 20.4. The van der Waals surface area contributed by atoms with Crippen molar-refractivity contribution in [1.82, 2.24) is 20.4 Å². The molecule has 0 aliphatic carbocycles. The number of carbonyl (C=O) groups excluding carboxylic acids is 2. The minimum absolute atomic E-state index is 0.0581. The Kier molecular flexibility index (Phi) is 11.5. The van der Waals surface area contributed by atoms with E-state index in [1.807, 2.05) is 48.5 Å². The lowest BCUT2D eigenvalue weighted by Crippen LogP contribution is -2.22. The molecule has 0 spiro atoms. The Bertz CT molecular complexity index is 1450. The van der Waals surface area contributed by atoms with Crippen molar-refractivity contribution < 1.29 is 24.2 Å². The van der Waals surface area contributed by atoms with Crippen LogP contribution in [0, 0.1) is 0 Å². The number of aromatic nitrogens is 4. The van der Waals surface area contributed by atoms with Crippen LogP contribution >= 0.6 is 22.7 Å². The second-order valence-electron chi connectivity index (χ2n) is 9.46. The normalized spacial score (nSPS) is 12.3. The van der Waals surface area contributed by atoms with Crippen LogP contribution in [-0.4, -0.2) is 57.0 Å². The lowest BCUT2D eigenvalue weighted by Gasteiger charge is -2.14. The predicted molar refractivity (Wildman–Crippen MR) is 161 cm³/mol. The van der Waals surface area contributed by atoms with Crippen molar-refractivity contribution in [2.75, 3.05) is 24.3 Å². The van der Waals surface area contributed by atoms with Crippen molar-refractivity contribution in [3.8, 4) is 0 Å². The Morgan fingerprint density at radius 2 is 1.36 bits per heavy atom. The molecule has 0 aliphatic rings. The molecule has 0 fully saturated rings. The van der Waals surface area contributed by atoms with Gasteiger partial charge >= 0.3 is 11.9 Å². The summed E-state index contributed by atoms with van der Waals surface area (Å²) < 4.78 is 4.88. The number of benzene rings is 2. The van der Waals surface area contributed by atoms with Crippen molar-refractivity contribution in [2.45, 2.75) is 50.4 Å². The van der Waals surface area contributed by atoms with E-state index in [0.717, 1.165) is 34.8 Å². The van der Waals surface area contributed by atoms with Crippen LogP contribution in [0.5, 0.6) is 0 Å². The molecule has 2 atom stereocenters. The molecule has 4 aromatic rings. The first kappa shape index (κ1) is 30.7. The maximum absolute atomic E-state index is 12.6. The van der Waals surface area contributed by atoms with Gasteiger partial charge in [0.15, 0.2) is 0 Å². The van der Waals surface area contributed by atoms with Crippen LogP contribution in [-0.2, 0) is 32.0 Å². The molecular formula is C29H32N6O5S2. The fraction of sp³-hybridized carbons (Fsp3) is 0.345. The van der Waals surface area contributed by atoms with Crippen molar-refractivity contribution >= 4 is 50.8 Å². The Labute approximate surface area is 251 Å². The first-order valence-corrected chi connectivity index (χ1v) is 15.1. The van der Waals surface area contributed by atoms with Crippen LogP contribution in [0.2, 0.25) is 0 Å². The highest BCUT2D eigenvalue weighted by Crippen LogP contribution is 2.25. The molecule has 220 valence electrons. The molecule has 2 aromatic heterocycles. The summed E-state index contributed by atoms with van der Waals surface area (Å²) in [6.07, 6.45) is 3.60. The highest BCUT2D eigenvalue weighted by molar-refractivity contribution is 7.15. The number of aliphatic carboxylic acids is 1. The first-order valence-electron chi connectivity index (χ1n) is 13.5. The standard InChI is InChI=1S/C29H32N6O5S2/c1-40-27(39)22(20-12-6-3-7-13-20)18-23(36)31-29-35-33-25(42-29)15-9-8-14-24-32-34-28(41-24)30-17-16-21(26(37)38)19-10-4-2-5-11-19/h2-7,10-13,21-22H,8-9,14-18H2,1H3,(H,30,34)(H,37,38)(H,31,35,36). The zero-order chi connectivity index (χ0) is 29.7. The quantitative estimate of drug-likeness (QED) is 0.118. The van der Waals surface area contributed by atoms with E-state index in [9.17, 15) is 19.5 Å². The van der Waals surface area contributed by atoms with E-state index in [-0.39, 0.29) is 12.3 Å². The lowest BCUT2D eigenvalue weighted by molar-refractivity contribution is -0.143. The molecule has 0 aliphatic heterocycles. The van der Waals surface area contributed by atoms with Gasteiger partial charge in [-0.2, -0.15) is 0 Å². The van der Waals surface area contributed by atoms with E-state index in [1.165, 1.54) is 29.8 Å². The zero-order valence-corrected chi connectivity index (χ0v) is 24.7. The maximum Gasteiger partial charge on any atom is 0.313 e. The molecule has 42 heavy (non-hydrogen) atoms. The van der Waals surface area contributed by atoms with Gasteiger partial charge < -0.3 is 20.5 Å². The average Bonchev–Trinajstić information content (AvgIpc) is 3.65. The van der Waals surface area contributed by atoms with Gasteiger partial charge in [-0.25, -0.2) is 0 Å². The molecule has 3 N–H and O–H groups in total. The summed E-state index contributed by atoms with van der Waals surface area (Å²) in [4.78, 5) is 36.5. The second-order valence-corrected chi connectivity index (χ2v) is 11.6. The second kappa shape index (κ2) is 15.7. The van der Waals surface area contributed by atoms with Crippen LogP contribution < -0.4 is 10.6 Å². The summed E-state index contributed by atoms with van der Waals surface area (Å²) in [6, 6.07) is 18.3. The van der Waals surface area contributed by atoms with Gasteiger partial charge in [0.05, 0.1) is 18.9 Å². The van der Waals surface area contributed by atoms with E-state index in [4.69, 9.17) is 4.74 Å². The summed E-state index contributed by atoms with van der Waals surface area (Å²) in [5.74, 6) is -2.93. The van der Waals surface area contributed by atoms with Crippen LogP contribution in [0.1, 0.15) is 58.7 Å². The van der Waals surface area contributed by atoms with E-state index >= 15 is 0 Å². The molecule has 13 heteroatoms. The zero-order valence-electron chi connectivity index (χ0n) is 23.1. The SMILES string of the molecule is COC(=O)C(CC(=O)Nc1nnc(CCCCc2nnc(NCCC(C(=O)O)c3ccccc3)s2)s1)c1ccccc1. The Morgan fingerprint density at radius 3 is 1.93 bits per heavy atom. The van der Waals surface area contributed by atoms with Crippen molar-refractivity contribution in [3.63, 3.8) is 0 Å². The average molecular weight is 609 g/mol. The number of carbonyl (C=O) groups is 3. The van der Waals surface area contributed by atoms with Crippen molar-refractivity contribution in [1.29, 1.82) is 0 Å². The van der Waals surface area contributed by atoms with E-state index in [2.05, 4.69) is 31.0 Å². The third-order valence-corrected chi connectivity index (χ3v) is 8.34. The number of ether oxygens (including phenoxy) is 1. The van der Waals surface area contributed by atoms with Gasteiger partial charge in [-0.1, -0.05) is 83.3 Å². The molecule has 0 saturated carbocycles. The van der Waals surface area contributed by atoms with Gasteiger partial charge in [0, 0.05) is 25.8 Å². The third-order valence-electron chi connectivity index (χ3n) is 6.50. The van der Waals surface area contributed by atoms with Gasteiger partial charge in [0.2, 0.25) is 16.2 Å². The highest BCUT2D eigenvalue weighted by atomic mass is 32.1. The molecule has 11 nitrogen and oxygen atoms in total. The largest absolute Gasteiger partial charge is 0.481 e. The summed E-state index contributed by atoms with van der Waals surface area (Å²) in [5.41, 5.74) is 1.50. The predicted octanol–water partition coefficient (Wildman–Crippen LogP) is 4.91. The van der Waals surface area contributed by atoms with E-state index < -0.39 is 23.8 Å². The number of esters is 1. The van der Waals surface area contributed by atoms with Gasteiger partial charge in [-0.15, -0.1) is 20.4 Å². The Balaban J connectivity index is 1.16. The smallest absolute Gasteiger partial charge is 0.313 e. The summed E-state index contributed by atoms with van der Waals surface area (Å²) in [6.45, 7) is 0.478. The van der Waals surface area contributed by atoms with Crippen molar-refractivity contribution in [2.24, 2.45) is 0 Å². The number of amides is 1. The van der Waals surface area contributed by atoms with Crippen LogP contribution in [0.4, 0.5) is 10.3 Å². The summed E-state index contributed by atoms with van der Waals surface area (Å²) in [5, 5.41) is 34.9. The fourth-order valence-electron chi connectivity index (χ4n) is 4.35. The molecular weight excluding hydrogens is 576 g/mol. The Morgan fingerprint density at radius 1 is 0.810 bits per heavy atom. The number of nitrogens with zero attached hydrogens (tertiary/aromatic N) is 4. The molecule has 4 rings (SSSR count). The number of hydrogen-bond acceptors (Lipinski definition) is 11. The maximum atomic E-state index is 12.6. The minimum Gasteiger partial charge on any atom is -0.481 e. The molecule has 0 bridgehead atoms. The molecule has 2 aromatic carbocycles. The van der Waals surface area contributed by atoms with Gasteiger partial charge in [-0.3, -0.25) is 14.4 Å². The van der Waals surface area contributed by atoms with Gasteiger partial charge in [-0.05, 0) is 30.4 Å². The number of carboxylic acids is 1. The molecule has 2 unspecified atom stereocenters. The summed E-state index contributed by atoms with van der Waals surface area (Å²) >= 11 is 2.78. The van der Waals surface area contributed by atoms with Crippen LogP contribution in [0.15, 0.2) is 60.7 Å². The lowest BCUT2D eigenvalue weighted by atomic mass is 9.95. The number of carboxylic acid groups (broad SMARTS) is 1. The number of unbranched alkanes of at least 4 members (excludes halogenated alkanes) is 1. The number of aryl methyl sites for hydroxylation is 2. The fourth-order valence-corrected chi connectivity index (χ4v) is 5.95. The number of methoxy groups -OCH3 is 1. The number of nitrogens with one attached hydrogen (secondary N) is 2. The van der Waals surface area contributed by atoms with Crippen molar-refractivity contribution in [3.05, 3.63) is 81.8 Å². The Hall–Kier alpha value is -4.23.